The Balaban J connectivity index is 1.85. The topological polar surface area (TPSA) is 58.0 Å². The molecule has 0 aliphatic heterocycles. The Morgan fingerprint density at radius 2 is 2.13 bits per heavy atom. The fraction of sp³-hybridized carbons (Fsp3) is 0.600. The summed E-state index contributed by atoms with van der Waals surface area (Å²) in [6, 6.07) is 0. The van der Waals surface area contributed by atoms with Crippen LogP contribution in [0.25, 0.3) is 0 Å². The van der Waals surface area contributed by atoms with Gasteiger partial charge in [0.05, 0.1) is 23.5 Å². The molecule has 2 atom stereocenters. The summed E-state index contributed by atoms with van der Waals surface area (Å²) >= 11 is 5.67. The van der Waals surface area contributed by atoms with Gasteiger partial charge in [0.15, 0.2) is 0 Å². The Kier molecular flexibility index (Phi) is 3.38. The molecule has 2 rings (SSSR count). The highest BCUT2D eigenvalue weighted by atomic mass is 35.5. The second-order valence-corrected chi connectivity index (χ2v) is 4.30. The Labute approximate surface area is 93.7 Å². The largest absolute Gasteiger partial charge is 0.393 e. The van der Waals surface area contributed by atoms with E-state index in [1.807, 2.05) is 0 Å². The number of halogens is 1. The maximum Gasteiger partial charge on any atom is 0.222 e. The van der Waals surface area contributed by atoms with Gasteiger partial charge in [0.1, 0.15) is 0 Å². The lowest BCUT2D eigenvalue weighted by molar-refractivity contribution is 0.138. The first-order valence-corrected chi connectivity index (χ1v) is 5.53. The highest BCUT2D eigenvalue weighted by Crippen LogP contribution is 2.25. The van der Waals surface area contributed by atoms with Gasteiger partial charge >= 0.3 is 0 Å². The molecule has 2 N–H and O–H groups in total. The summed E-state index contributed by atoms with van der Waals surface area (Å²) in [6.45, 7) is 0.725. The van der Waals surface area contributed by atoms with Crippen molar-refractivity contribution in [3.05, 3.63) is 17.4 Å². The third-order valence-corrected chi connectivity index (χ3v) is 2.96. The van der Waals surface area contributed by atoms with Crippen LogP contribution in [-0.2, 0) is 0 Å². The highest BCUT2D eigenvalue weighted by molar-refractivity contribution is 6.30. The number of hydrogen-bond donors (Lipinski definition) is 2. The van der Waals surface area contributed by atoms with E-state index in [-0.39, 0.29) is 6.10 Å². The van der Waals surface area contributed by atoms with Crippen molar-refractivity contribution >= 4 is 17.5 Å². The molecular weight excluding hydrogens is 214 g/mol. The van der Waals surface area contributed by atoms with Crippen LogP contribution >= 0.6 is 11.6 Å². The third-order valence-electron chi connectivity index (χ3n) is 2.76. The predicted molar refractivity (Wildman–Crippen MR) is 58.9 cm³/mol. The maximum atomic E-state index is 9.61. The number of anilines is 1. The third kappa shape index (κ3) is 2.79. The molecule has 1 fully saturated rings. The van der Waals surface area contributed by atoms with Crippen molar-refractivity contribution in [3.8, 4) is 0 Å². The first kappa shape index (κ1) is 10.6. The monoisotopic (exact) mass is 227 g/mol. The van der Waals surface area contributed by atoms with Crippen LogP contribution in [0.2, 0.25) is 5.02 Å². The number of nitrogens with one attached hydrogen (secondary N) is 1. The number of rotatable bonds is 3. The van der Waals surface area contributed by atoms with Gasteiger partial charge in [-0.05, 0) is 12.8 Å². The van der Waals surface area contributed by atoms with Crippen molar-refractivity contribution in [2.75, 3.05) is 11.9 Å². The van der Waals surface area contributed by atoms with E-state index < -0.39 is 0 Å². The summed E-state index contributed by atoms with van der Waals surface area (Å²) in [5.74, 6) is 0.891. The summed E-state index contributed by atoms with van der Waals surface area (Å²) in [5.41, 5.74) is 0. The molecule has 5 heteroatoms. The lowest BCUT2D eigenvalue weighted by Crippen LogP contribution is -2.22. The highest BCUT2D eigenvalue weighted by Gasteiger charge is 2.24. The Morgan fingerprint density at radius 1 is 1.40 bits per heavy atom. The van der Waals surface area contributed by atoms with Crippen LogP contribution in [0, 0.1) is 5.92 Å². The standard InChI is InChI=1S/C10H14ClN3O/c11-8-5-13-10(14-6-8)12-4-7-2-1-3-9(7)15/h5-7,9,15H,1-4H2,(H,12,13,14). The van der Waals surface area contributed by atoms with E-state index in [2.05, 4.69) is 15.3 Å². The van der Waals surface area contributed by atoms with E-state index in [1.165, 1.54) is 0 Å². The van der Waals surface area contributed by atoms with Gasteiger partial charge in [-0.2, -0.15) is 0 Å². The summed E-state index contributed by atoms with van der Waals surface area (Å²) < 4.78 is 0. The molecule has 4 nitrogen and oxygen atoms in total. The minimum absolute atomic E-state index is 0.176. The normalized spacial score (nSPS) is 25.5. The summed E-state index contributed by atoms with van der Waals surface area (Å²) in [5, 5.41) is 13.2. The number of hydrogen-bond acceptors (Lipinski definition) is 4. The van der Waals surface area contributed by atoms with E-state index >= 15 is 0 Å². The average Bonchev–Trinajstić information content (AvgIpc) is 2.63. The van der Waals surface area contributed by atoms with Crippen molar-refractivity contribution < 1.29 is 5.11 Å². The Hall–Kier alpha value is -0.870. The molecule has 1 aliphatic carbocycles. The molecule has 0 aromatic carbocycles. The van der Waals surface area contributed by atoms with Gasteiger partial charge < -0.3 is 10.4 Å². The van der Waals surface area contributed by atoms with Gasteiger partial charge in [0.25, 0.3) is 0 Å². The van der Waals surface area contributed by atoms with Crippen LogP contribution in [0.15, 0.2) is 12.4 Å². The lowest BCUT2D eigenvalue weighted by atomic mass is 10.1. The smallest absolute Gasteiger partial charge is 0.222 e. The van der Waals surface area contributed by atoms with Gasteiger partial charge in [0.2, 0.25) is 5.95 Å². The molecule has 1 saturated carbocycles. The number of aromatic nitrogens is 2. The molecular formula is C10H14ClN3O. The zero-order valence-corrected chi connectivity index (χ0v) is 9.11. The van der Waals surface area contributed by atoms with Crippen LogP contribution in [0.4, 0.5) is 5.95 Å². The number of nitrogens with zero attached hydrogens (tertiary/aromatic N) is 2. The van der Waals surface area contributed by atoms with E-state index in [1.54, 1.807) is 12.4 Å². The van der Waals surface area contributed by atoms with E-state index in [9.17, 15) is 5.11 Å². The van der Waals surface area contributed by atoms with E-state index in [0.717, 1.165) is 25.8 Å². The molecule has 2 unspecified atom stereocenters. The molecule has 82 valence electrons. The van der Waals surface area contributed by atoms with Gasteiger partial charge in [-0.1, -0.05) is 18.0 Å². The molecule has 0 bridgehead atoms. The zero-order valence-electron chi connectivity index (χ0n) is 8.36. The van der Waals surface area contributed by atoms with Crippen LogP contribution in [-0.4, -0.2) is 27.7 Å². The fourth-order valence-electron chi connectivity index (χ4n) is 1.88. The molecule has 15 heavy (non-hydrogen) atoms. The van der Waals surface area contributed by atoms with Crippen molar-refractivity contribution in [2.24, 2.45) is 5.92 Å². The molecule has 0 saturated heterocycles. The Morgan fingerprint density at radius 3 is 2.73 bits per heavy atom. The second-order valence-electron chi connectivity index (χ2n) is 3.86. The van der Waals surface area contributed by atoms with Crippen LogP contribution in [0.3, 0.4) is 0 Å². The second kappa shape index (κ2) is 4.77. The summed E-state index contributed by atoms with van der Waals surface area (Å²) in [4.78, 5) is 8.06. The quantitative estimate of drug-likeness (QED) is 0.826. The van der Waals surface area contributed by atoms with Gasteiger partial charge in [-0.15, -0.1) is 0 Å². The minimum Gasteiger partial charge on any atom is -0.393 e. The molecule has 1 heterocycles. The molecule has 1 aliphatic rings. The van der Waals surface area contributed by atoms with Crippen molar-refractivity contribution in [1.29, 1.82) is 0 Å². The average molecular weight is 228 g/mol. The SMILES string of the molecule is OC1CCCC1CNc1ncc(Cl)cn1. The van der Waals surface area contributed by atoms with Gasteiger partial charge in [0, 0.05) is 12.5 Å². The van der Waals surface area contributed by atoms with Gasteiger partial charge in [-0.25, -0.2) is 9.97 Å². The van der Waals surface area contributed by atoms with E-state index in [4.69, 9.17) is 11.6 Å². The molecule has 0 radical (unpaired) electrons. The molecule has 1 aromatic rings. The first-order chi connectivity index (χ1) is 7.25. The lowest BCUT2D eigenvalue weighted by Gasteiger charge is -2.14. The van der Waals surface area contributed by atoms with E-state index in [0.29, 0.717) is 16.9 Å². The summed E-state index contributed by atoms with van der Waals surface area (Å²) in [6.07, 6.45) is 6.03. The first-order valence-electron chi connectivity index (χ1n) is 5.15. The molecule has 0 spiro atoms. The van der Waals surface area contributed by atoms with Crippen molar-refractivity contribution in [2.45, 2.75) is 25.4 Å². The van der Waals surface area contributed by atoms with Crippen LogP contribution < -0.4 is 5.32 Å². The maximum absolute atomic E-state index is 9.61. The van der Waals surface area contributed by atoms with Crippen molar-refractivity contribution in [3.63, 3.8) is 0 Å². The summed E-state index contributed by atoms with van der Waals surface area (Å²) in [7, 11) is 0. The Bertz CT molecular complexity index is 317. The molecule has 1 aromatic heterocycles. The zero-order chi connectivity index (χ0) is 10.7. The van der Waals surface area contributed by atoms with Gasteiger partial charge in [-0.3, -0.25) is 0 Å². The minimum atomic E-state index is -0.176. The fourth-order valence-corrected chi connectivity index (χ4v) is 1.98. The number of aliphatic hydroxyl groups is 1. The predicted octanol–water partition coefficient (Wildman–Crippen LogP) is 1.70. The van der Waals surface area contributed by atoms with Crippen LogP contribution in [0.1, 0.15) is 19.3 Å². The number of aliphatic hydroxyl groups excluding tert-OH is 1. The van der Waals surface area contributed by atoms with Crippen molar-refractivity contribution in [1.82, 2.24) is 9.97 Å². The molecule has 0 amide bonds. The van der Waals surface area contributed by atoms with Crippen LogP contribution in [0.5, 0.6) is 0 Å².